The standard InChI is InChI=1S/C15H15N3O2/c16-14-12(5-3-7-17-14)15(19)18-9-11-8-10-4-1-2-6-13(10)20-11/h1-7,11H,8-9H2,(H2,16,17)(H,18,19). The van der Waals surface area contributed by atoms with E-state index in [9.17, 15) is 4.79 Å². The number of benzene rings is 1. The largest absolute Gasteiger partial charge is 0.488 e. The Morgan fingerprint density at radius 3 is 3.00 bits per heavy atom. The number of hydrogen-bond acceptors (Lipinski definition) is 4. The van der Waals surface area contributed by atoms with Gasteiger partial charge < -0.3 is 15.8 Å². The summed E-state index contributed by atoms with van der Waals surface area (Å²) in [5.41, 5.74) is 7.24. The summed E-state index contributed by atoms with van der Waals surface area (Å²) >= 11 is 0. The van der Waals surface area contributed by atoms with Crippen LogP contribution in [0.4, 0.5) is 5.82 Å². The molecule has 1 atom stereocenters. The zero-order valence-corrected chi connectivity index (χ0v) is 10.9. The van der Waals surface area contributed by atoms with Gasteiger partial charge in [0.15, 0.2) is 0 Å². The number of aromatic nitrogens is 1. The van der Waals surface area contributed by atoms with Crippen molar-refractivity contribution in [3.8, 4) is 5.75 Å². The van der Waals surface area contributed by atoms with Crippen LogP contribution in [-0.2, 0) is 6.42 Å². The fourth-order valence-corrected chi connectivity index (χ4v) is 2.28. The molecule has 2 aromatic rings. The highest BCUT2D eigenvalue weighted by molar-refractivity contribution is 5.98. The third kappa shape index (κ3) is 2.42. The van der Waals surface area contributed by atoms with Gasteiger partial charge in [-0.2, -0.15) is 0 Å². The van der Waals surface area contributed by atoms with Gasteiger partial charge in [-0.15, -0.1) is 0 Å². The van der Waals surface area contributed by atoms with Crippen LogP contribution in [-0.4, -0.2) is 23.5 Å². The molecule has 5 heteroatoms. The molecular weight excluding hydrogens is 254 g/mol. The van der Waals surface area contributed by atoms with E-state index in [-0.39, 0.29) is 17.8 Å². The van der Waals surface area contributed by atoms with E-state index in [2.05, 4.69) is 10.3 Å². The number of ether oxygens (including phenoxy) is 1. The lowest BCUT2D eigenvalue weighted by Gasteiger charge is -2.12. The molecule has 1 aromatic carbocycles. The van der Waals surface area contributed by atoms with Crippen molar-refractivity contribution in [2.24, 2.45) is 0 Å². The molecule has 102 valence electrons. The number of carbonyl (C=O) groups is 1. The summed E-state index contributed by atoms with van der Waals surface area (Å²) in [5.74, 6) is 0.906. The molecule has 1 unspecified atom stereocenters. The molecule has 3 N–H and O–H groups in total. The van der Waals surface area contributed by atoms with Gasteiger partial charge in [0, 0.05) is 12.6 Å². The summed E-state index contributed by atoms with van der Waals surface area (Å²) in [6, 6.07) is 11.2. The van der Waals surface area contributed by atoms with Gasteiger partial charge in [0.1, 0.15) is 17.7 Å². The van der Waals surface area contributed by atoms with Crippen LogP contribution in [0.1, 0.15) is 15.9 Å². The van der Waals surface area contributed by atoms with E-state index in [0.717, 1.165) is 12.2 Å². The highest BCUT2D eigenvalue weighted by atomic mass is 16.5. The molecule has 0 radical (unpaired) electrons. The van der Waals surface area contributed by atoms with Crippen LogP contribution in [0.25, 0.3) is 0 Å². The Hall–Kier alpha value is -2.56. The van der Waals surface area contributed by atoms with Gasteiger partial charge >= 0.3 is 0 Å². The maximum atomic E-state index is 12.0. The van der Waals surface area contributed by atoms with Crippen molar-refractivity contribution in [1.29, 1.82) is 0 Å². The molecule has 20 heavy (non-hydrogen) atoms. The maximum Gasteiger partial charge on any atom is 0.255 e. The molecule has 1 aliphatic heterocycles. The third-order valence-electron chi connectivity index (χ3n) is 3.29. The number of carbonyl (C=O) groups excluding carboxylic acids is 1. The molecule has 0 aliphatic carbocycles. The molecule has 2 heterocycles. The lowest BCUT2D eigenvalue weighted by Crippen LogP contribution is -2.34. The third-order valence-corrected chi connectivity index (χ3v) is 3.29. The second kappa shape index (κ2) is 5.21. The maximum absolute atomic E-state index is 12.0. The van der Waals surface area contributed by atoms with Gasteiger partial charge in [-0.25, -0.2) is 4.98 Å². The number of para-hydroxylation sites is 1. The molecule has 0 saturated carbocycles. The van der Waals surface area contributed by atoms with E-state index < -0.39 is 0 Å². The predicted molar refractivity (Wildman–Crippen MR) is 75.5 cm³/mol. The van der Waals surface area contributed by atoms with Gasteiger partial charge in [-0.05, 0) is 23.8 Å². The molecule has 0 spiro atoms. The van der Waals surface area contributed by atoms with Gasteiger partial charge in [0.05, 0.1) is 12.1 Å². The lowest BCUT2D eigenvalue weighted by molar-refractivity contribution is 0.0934. The van der Waals surface area contributed by atoms with Crippen molar-refractivity contribution in [2.75, 3.05) is 12.3 Å². The Balaban J connectivity index is 1.59. The quantitative estimate of drug-likeness (QED) is 0.883. The smallest absolute Gasteiger partial charge is 0.255 e. The van der Waals surface area contributed by atoms with Crippen LogP contribution < -0.4 is 15.8 Å². The van der Waals surface area contributed by atoms with Crippen molar-refractivity contribution in [1.82, 2.24) is 10.3 Å². The number of hydrogen-bond donors (Lipinski definition) is 2. The Bertz CT molecular complexity index is 618. The minimum Gasteiger partial charge on any atom is -0.488 e. The summed E-state index contributed by atoms with van der Waals surface area (Å²) in [4.78, 5) is 15.9. The first-order valence-corrected chi connectivity index (χ1v) is 6.47. The monoisotopic (exact) mass is 269 g/mol. The first-order valence-electron chi connectivity index (χ1n) is 6.47. The zero-order chi connectivity index (χ0) is 13.9. The molecule has 0 bridgehead atoms. The number of rotatable bonds is 3. The van der Waals surface area contributed by atoms with Gasteiger partial charge in [0.25, 0.3) is 5.91 Å². The van der Waals surface area contributed by atoms with E-state index in [1.54, 1.807) is 18.3 Å². The average molecular weight is 269 g/mol. The summed E-state index contributed by atoms with van der Waals surface area (Å²) in [7, 11) is 0. The van der Waals surface area contributed by atoms with Crippen LogP contribution in [0.15, 0.2) is 42.6 Å². The van der Waals surface area contributed by atoms with Gasteiger partial charge in [-0.1, -0.05) is 18.2 Å². The van der Waals surface area contributed by atoms with E-state index in [1.807, 2.05) is 24.3 Å². The van der Waals surface area contributed by atoms with Gasteiger partial charge in [-0.3, -0.25) is 4.79 Å². The molecule has 3 rings (SSSR count). The molecule has 0 saturated heterocycles. The number of nitrogen functional groups attached to an aromatic ring is 1. The topological polar surface area (TPSA) is 77.2 Å². The number of anilines is 1. The molecule has 0 fully saturated rings. The summed E-state index contributed by atoms with van der Waals surface area (Å²) in [6.45, 7) is 0.446. The van der Waals surface area contributed by atoms with Crippen LogP contribution >= 0.6 is 0 Å². The second-order valence-corrected chi connectivity index (χ2v) is 4.70. The van der Waals surface area contributed by atoms with Crippen LogP contribution in [0.3, 0.4) is 0 Å². The minimum absolute atomic E-state index is 0.0331. The Kier molecular flexibility index (Phi) is 3.25. The van der Waals surface area contributed by atoms with Crippen molar-refractivity contribution in [3.63, 3.8) is 0 Å². The number of pyridine rings is 1. The number of nitrogens with two attached hydrogens (primary N) is 1. The van der Waals surface area contributed by atoms with E-state index in [0.29, 0.717) is 12.1 Å². The minimum atomic E-state index is -0.227. The van der Waals surface area contributed by atoms with Crippen LogP contribution in [0.2, 0.25) is 0 Å². The summed E-state index contributed by atoms with van der Waals surface area (Å²) in [5, 5.41) is 2.83. The fraction of sp³-hybridized carbons (Fsp3) is 0.200. The van der Waals surface area contributed by atoms with Crippen LogP contribution in [0.5, 0.6) is 5.75 Å². The second-order valence-electron chi connectivity index (χ2n) is 4.70. The van der Waals surface area contributed by atoms with E-state index in [4.69, 9.17) is 10.5 Å². The van der Waals surface area contributed by atoms with Crippen LogP contribution in [0, 0.1) is 0 Å². The van der Waals surface area contributed by atoms with E-state index in [1.165, 1.54) is 5.56 Å². The first-order chi connectivity index (χ1) is 9.74. The highest BCUT2D eigenvalue weighted by Gasteiger charge is 2.23. The van der Waals surface area contributed by atoms with Crippen molar-refractivity contribution < 1.29 is 9.53 Å². The Morgan fingerprint density at radius 2 is 2.20 bits per heavy atom. The molecule has 1 aromatic heterocycles. The predicted octanol–water partition coefficient (Wildman–Crippen LogP) is 1.40. The normalized spacial score (nSPS) is 16.3. The summed E-state index contributed by atoms with van der Waals surface area (Å²) < 4.78 is 5.76. The SMILES string of the molecule is Nc1ncccc1C(=O)NCC1Cc2ccccc2O1. The van der Waals surface area contributed by atoms with Crippen molar-refractivity contribution in [3.05, 3.63) is 53.7 Å². The summed E-state index contributed by atoms with van der Waals surface area (Å²) in [6.07, 6.45) is 2.33. The van der Waals surface area contributed by atoms with Gasteiger partial charge in [0.2, 0.25) is 0 Å². The molecule has 1 aliphatic rings. The lowest BCUT2D eigenvalue weighted by atomic mass is 10.1. The molecule has 1 amide bonds. The first kappa shape index (κ1) is 12.5. The van der Waals surface area contributed by atoms with Crippen molar-refractivity contribution in [2.45, 2.75) is 12.5 Å². The average Bonchev–Trinajstić information content (AvgIpc) is 2.88. The molecule has 5 nitrogen and oxygen atoms in total. The number of fused-ring (bicyclic) bond motifs is 1. The molecular formula is C15H15N3O2. The number of nitrogens with zero attached hydrogens (tertiary/aromatic N) is 1. The highest BCUT2D eigenvalue weighted by Crippen LogP contribution is 2.27. The number of amides is 1. The van der Waals surface area contributed by atoms with Crippen molar-refractivity contribution >= 4 is 11.7 Å². The fourth-order valence-electron chi connectivity index (χ4n) is 2.28. The zero-order valence-electron chi connectivity index (χ0n) is 10.9. The van der Waals surface area contributed by atoms with E-state index >= 15 is 0 Å². The Labute approximate surface area is 116 Å². The Morgan fingerprint density at radius 1 is 1.35 bits per heavy atom. The number of nitrogens with one attached hydrogen (secondary N) is 1.